The second-order valence-corrected chi connectivity index (χ2v) is 4.16. The average Bonchev–Trinajstić information content (AvgIpc) is 2.64. The van der Waals surface area contributed by atoms with Gasteiger partial charge in [-0.3, -0.25) is 4.79 Å². The molecule has 2 aromatic rings. The Morgan fingerprint density at radius 3 is 3.21 bits per heavy atom. The monoisotopic (exact) mass is 270 g/mol. The lowest BCUT2D eigenvalue weighted by atomic mass is 10.3. The number of hydrogen-bond donors (Lipinski definition) is 1. The third-order valence-electron chi connectivity index (χ3n) is 1.74. The number of amides is 1. The molecule has 1 aromatic carbocycles. The molecule has 1 aromatic heterocycles. The topological polar surface area (TPSA) is 42.0 Å². The highest BCUT2D eigenvalue weighted by molar-refractivity contribution is 9.09. The normalized spacial score (nSPS) is 10.4. The van der Waals surface area contributed by atoms with E-state index in [1.165, 1.54) is 0 Å². The molecule has 14 heavy (non-hydrogen) atoms. The summed E-state index contributed by atoms with van der Waals surface area (Å²) in [5, 5.41) is 3.08. The first-order chi connectivity index (χ1) is 6.79. The van der Waals surface area contributed by atoms with Gasteiger partial charge < -0.3 is 5.32 Å². The fraction of sp³-hybridized carbons (Fsp3) is 0.111. The molecule has 0 aliphatic rings. The van der Waals surface area contributed by atoms with Gasteiger partial charge in [0.25, 0.3) is 0 Å². The van der Waals surface area contributed by atoms with Crippen LogP contribution >= 0.6 is 27.3 Å². The van der Waals surface area contributed by atoms with Crippen molar-refractivity contribution in [1.82, 2.24) is 4.98 Å². The number of anilines is 1. The van der Waals surface area contributed by atoms with E-state index in [-0.39, 0.29) is 5.91 Å². The first-order valence-corrected chi connectivity index (χ1v) is 5.99. The molecule has 0 spiro atoms. The molecule has 5 heteroatoms. The number of alkyl halides is 1. The van der Waals surface area contributed by atoms with Crippen LogP contribution in [0.3, 0.4) is 0 Å². The van der Waals surface area contributed by atoms with Crippen molar-refractivity contribution in [2.24, 2.45) is 0 Å². The largest absolute Gasteiger partial charge is 0.325 e. The fourth-order valence-electron chi connectivity index (χ4n) is 1.13. The van der Waals surface area contributed by atoms with Crippen LogP contribution in [0, 0.1) is 0 Å². The number of halogens is 1. The van der Waals surface area contributed by atoms with Gasteiger partial charge in [0, 0.05) is 5.69 Å². The summed E-state index contributed by atoms with van der Waals surface area (Å²) < 4.78 is 1.08. The van der Waals surface area contributed by atoms with E-state index in [2.05, 4.69) is 26.2 Å². The zero-order chi connectivity index (χ0) is 9.97. The van der Waals surface area contributed by atoms with Gasteiger partial charge in [0.1, 0.15) is 0 Å². The molecule has 0 saturated carbocycles. The average molecular weight is 271 g/mol. The van der Waals surface area contributed by atoms with Gasteiger partial charge in [-0.1, -0.05) is 15.9 Å². The Morgan fingerprint density at radius 1 is 1.57 bits per heavy atom. The van der Waals surface area contributed by atoms with Crippen LogP contribution in [-0.2, 0) is 4.79 Å². The van der Waals surface area contributed by atoms with Crippen LogP contribution in [0.2, 0.25) is 0 Å². The summed E-state index contributed by atoms with van der Waals surface area (Å²) in [6, 6.07) is 5.67. The van der Waals surface area contributed by atoms with Gasteiger partial charge in [-0.05, 0) is 18.2 Å². The minimum atomic E-state index is -0.0473. The van der Waals surface area contributed by atoms with Crippen LogP contribution in [0.1, 0.15) is 0 Å². The molecular weight excluding hydrogens is 264 g/mol. The number of nitrogens with one attached hydrogen (secondary N) is 1. The summed E-state index contributed by atoms with van der Waals surface area (Å²) in [6.45, 7) is 0. The van der Waals surface area contributed by atoms with Crippen LogP contribution in [0.4, 0.5) is 5.69 Å². The SMILES string of the molecule is O=C(CBr)Nc1ccc2ncsc2c1. The van der Waals surface area contributed by atoms with E-state index >= 15 is 0 Å². The molecule has 1 N–H and O–H groups in total. The number of carbonyl (C=O) groups excluding carboxylic acids is 1. The van der Waals surface area contributed by atoms with E-state index < -0.39 is 0 Å². The molecule has 72 valence electrons. The van der Waals surface area contributed by atoms with E-state index in [1.54, 1.807) is 16.8 Å². The Balaban J connectivity index is 2.30. The molecule has 0 radical (unpaired) electrons. The lowest BCUT2D eigenvalue weighted by molar-refractivity contribution is -0.113. The lowest BCUT2D eigenvalue weighted by Crippen LogP contribution is -2.11. The first-order valence-electron chi connectivity index (χ1n) is 3.98. The van der Waals surface area contributed by atoms with Crippen LogP contribution < -0.4 is 5.32 Å². The molecule has 2 rings (SSSR count). The van der Waals surface area contributed by atoms with Crippen LogP contribution in [0.25, 0.3) is 10.2 Å². The van der Waals surface area contributed by atoms with Gasteiger partial charge in [0.05, 0.1) is 21.1 Å². The number of thiazole rings is 1. The Bertz CT molecular complexity index is 469. The van der Waals surface area contributed by atoms with Crippen molar-refractivity contribution in [1.29, 1.82) is 0 Å². The molecule has 3 nitrogen and oxygen atoms in total. The van der Waals surface area contributed by atoms with E-state index in [4.69, 9.17) is 0 Å². The highest BCUT2D eigenvalue weighted by Gasteiger charge is 2.01. The van der Waals surface area contributed by atoms with E-state index in [1.807, 2.05) is 18.2 Å². The first kappa shape index (κ1) is 9.61. The van der Waals surface area contributed by atoms with Gasteiger partial charge in [-0.2, -0.15) is 0 Å². The molecule has 0 unspecified atom stereocenters. The minimum absolute atomic E-state index is 0.0473. The standard InChI is InChI=1S/C9H7BrN2OS/c10-4-9(13)12-6-1-2-7-8(3-6)14-5-11-7/h1-3,5H,4H2,(H,12,13). The van der Waals surface area contributed by atoms with Crippen LogP contribution in [0.5, 0.6) is 0 Å². The number of hydrogen-bond acceptors (Lipinski definition) is 3. The van der Waals surface area contributed by atoms with Crippen molar-refractivity contribution in [2.45, 2.75) is 0 Å². The van der Waals surface area contributed by atoms with Gasteiger partial charge in [-0.15, -0.1) is 11.3 Å². The molecule has 0 saturated heterocycles. The van der Waals surface area contributed by atoms with Crippen molar-refractivity contribution in [2.75, 3.05) is 10.6 Å². The predicted molar refractivity (Wildman–Crippen MR) is 62.0 cm³/mol. The minimum Gasteiger partial charge on any atom is -0.325 e. The zero-order valence-corrected chi connectivity index (χ0v) is 9.56. The van der Waals surface area contributed by atoms with E-state index in [9.17, 15) is 4.79 Å². The molecule has 0 aliphatic carbocycles. The van der Waals surface area contributed by atoms with Gasteiger partial charge >= 0.3 is 0 Å². The summed E-state index contributed by atoms with van der Waals surface area (Å²) in [5.74, 6) is -0.0473. The molecule has 0 fully saturated rings. The van der Waals surface area contributed by atoms with Gasteiger partial charge in [-0.25, -0.2) is 4.98 Å². The third kappa shape index (κ3) is 1.93. The number of aromatic nitrogens is 1. The number of benzene rings is 1. The Labute approximate surface area is 93.3 Å². The number of fused-ring (bicyclic) bond motifs is 1. The van der Waals surface area contributed by atoms with Crippen LogP contribution in [0.15, 0.2) is 23.7 Å². The molecule has 0 bridgehead atoms. The quantitative estimate of drug-likeness (QED) is 0.853. The highest BCUT2D eigenvalue weighted by atomic mass is 79.9. The molecule has 1 amide bonds. The van der Waals surface area contributed by atoms with E-state index in [0.717, 1.165) is 15.9 Å². The zero-order valence-electron chi connectivity index (χ0n) is 7.16. The smallest absolute Gasteiger partial charge is 0.235 e. The summed E-state index contributed by atoms with van der Waals surface area (Å²) in [4.78, 5) is 15.2. The molecule has 1 heterocycles. The van der Waals surface area contributed by atoms with Crippen molar-refractivity contribution < 1.29 is 4.79 Å². The Morgan fingerprint density at radius 2 is 2.43 bits per heavy atom. The van der Waals surface area contributed by atoms with Crippen molar-refractivity contribution in [3.05, 3.63) is 23.7 Å². The van der Waals surface area contributed by atoms with Crippen LogP contribution in [-0.4, -0.2) is 16.2 Å². The Hall–Kier alpha value is -0.940. The maximum absolute atomic E-state index is 11.1. The molecule has 0 aliphatic heterocycles. The number of nitrogens with zero attached hydrogens (tertiary/aromatic N) is 1. The Kier molecular flexibility index (Phi) is 2.79. The third-order valence-corrected chi connectivity index (χ3v) is 3.04. The molecular formula is C9H7BrN2OS. The summed E-state index contributed by atoms with van der Waals surface area (Å²) in [6.07, 6.45) is 0. The maximum atomic E-state index is 11.1. The molecule has 0 atom stereocenters. The second-order valence-electron chi connectivity index (χ2n) is 2.72. The van der Waals surface area contributed by atoms with Crippen molar-refractivity contribution >= 4 is 49.1 Å². The lowest BCUT2D eigenvalue weighted by Gasteiger charge is -2.01. The maximum Gasteiger partial charge on any atom is 0.235 e. The van der Waals surface area contributed by atoms with Gasteiger partial charge in [0.2, 0.25) is 5.91 Å². The van der Waals surface area contributed by atoms with Crippen molar-refractivity contribution in [3.63, 3.8) is 0 Å². The second kappa shape index (κ2) is 4.06. The number of rotatable bonds is 2. The fourth-order valence-corrected chi connectivity index (χ4v) is 1.98. The summed E-state index contributed by atoms with van der Waals surface area (Å²) >= 11 is 4.65. The van der Waals surface area contributed by atoms with Crippen molar-refractivity contribution in [3.8, 4) is 0 Å². The summed E-state index contributed by atoms with van der Waals surface area (Å²) in [7, 11) is 0. The highest BCUT2D eigenvalue weighted by Crippen LogP contribution is 2.21. The predicted octanol–water partition coefficient (Wildman–Crippen LogP) is 2.63. The summed E-state index contributed by atoms with van der Waals surface area (Å²) in [5.41, 5.74) is 3.57. The number of carbonyl (C=O) groups is 1. The van der Waals surface area contributed by atoms with Gasteiger partial charge in [0.15, 0.2) is 0 Å². The van der Waals surface area contributed by atoms with E-state index in [0.29, 0.717) is 5.33 Å².